The van der Waals surface area contributed by atoms with Gasteiger partial charge in [0.2, 0.25) is 0 Å². The van der Waals surface area contributed by atoms with Crippen molar-refractivity contribution in [2.24, 2.45) is 5.16 Å². The summed E-state index contributed by atoms with van der Waals surface area (Å²) in [5.74, 6) is 0.777. The van der Waals surface area contributed by atoms with Crippen LogP contribution in [0.15, 0.2) is 17.3 Å². The van der Waals surface area contributed by atoms with E-state index in [0.29, 0.717) is 6.42 Å². The Morgan fingerprint density at radius 2 is 2.06 bits per heavy atom. The second-order valence-corrected chi connectivity index (χ2v) is 3.56. The van der Waals surface area contributed by atoms with Gasteiger partial charge in [-0.3, -0.25) is 0 Å². The van der Waals surface area contributed by atoms with Gasteiger partial charge in [0.15, 0.2) is 0 Å². The first-order valence-corrected chi connectivity index (χ1v) is 5.19. The molecule has 0 aliphatic rings. The van der Waals surface area contributed by atoms with E-state index in [2.05, 4.69) is 5.16 Å². The van der Waals surface area contributed by atoms with Crippen LogP contribution in [0.5, 0.6) is 5.75 Å². The lowest BCUT2D eigenvalue weighted by atomic mass is 10.0. The van der Waals surface area contributed by atoms with Gasteiger partial charge in [0.1, 0.15) is 12.4 Å². The quantitative estimate of drug-likeness (QED) is 0.453. The van der Waals surface area contributed by atoms with Crippen LogP contribution in [0, 0.1) is 13.8 Å². The Bertz CT molecular complexity index is 375. The first-order valence-electron chi connectivity index (χ1n) is 5.19. The third kappa shape index (κ3) is 2.97. The van der Waals surface area contributed by atoms with Crippen molar-refractivity contribution in [1.29, 1.82) is 0 Å². The van der Waals surface area contributed by atoms with Crippen molar-refractivity contribution in [3.63, 3.8) is 0 Å². The number of nitrogens with zero attached hydrogens (tertiary/aromatic N) is 1. The standard InChI is InChI=1S/C12H17NO3/c1-9-10(2)12(16-8-6-13-15)4-3-11(9)5-7-14/h3-4,6,14-15H,5,7-8H2,1-2H3. The summed E-state index contributed by atoms with van der Waals surface area (Å²) >= 11 is 0. The third-order valence-corrected chi connectivity index (χ3v) is 2.63. The summed E-state index contributed by atoms with van der Waals surface area (Å²) in [5.41, 5.74) is 3.31. The van der Waals surface area contributed by atoms with Gasteiger partial charge >= 0.3 is 0 Å². The zero-order chi connectivity index (χ0) is 12.0. The number of aliphatic hydroxyl groups excluding tert-OH is 1. The molecular weight excluding hydrogens is 206 g/mol. The fourth-order valence-electron chi connectivity index (χ4n) is 1.56. The fourth-order valence-corrected chi connectivity index (χ4v) is 1.56. The van der Waals surface area contributed by atoms with Gasteiger partial charge in [-0.15, -0.1) is 0 Å². The van der Waals surface area contributed by atoms with E-state index in [0.717, 1.165) is 22.4 Å². The van der Waals surface area contributed by atoms with Gasteiger partial charge in [0.25, 0.3) is 0 Å². The molecule has 0 saturated heterocycles. The molecule has 1 aromatic rings. The molecule has 0 spiro atoms. The van der Waals surface area contributed by atoms with Crippen LogP contribution < -0.4 is 4.74 Å². The van der Waals surface area contributed by atoms with Gasteiger partial charge in [-0.05, 0) is 43.0 Å². The van der Waals surface area contributed by atoms with E-state index < -0.39 is 0 Å². The fraction of sp³-hybridized carbons (Fsp3) is 0.417. The Hall–Kier alpha value is -1.55. The number of benzene rings is 1. The average Bonchev–Trinajstić information content (AvgIpc) is 2.28. The summed E-state index contributed by atoms with van der Waals surface area (Å²) in [5, 5.41) is 20.0. The first-order chi connectivity index (χ1) is 7.70. The first kappa shape index (κ1) is 12.5. The predicted molar refractivity (Wildman–Crippen MR) is 62.5 cm³/mol. The molecule has 0 aliphatic carbocycles. The maximum atomic E-state index is 8.90. The van der Waals surface area contributed by atoms with Crippen molar-refractivity contribution in [1.82, 2.24) is 0 Å². The molecule has 4 heteroatoms. The third-order valence-electron chi connectivity index (χ3n) is 2.63. The molecular formula is C12H17NO3. The second-order valence-electron chi connectivity index (χ2n) is 3.56. The Labute approximate surface area is 95.2 Å². The highest BCUT2D eigenvalue weighted by Crippen LogP contribution is 2.24. The summed E-state index contributed by atoms with van der Waals surface area (Å²) in [4.78, 5) is 0. The molecule has 1 rings (SSSR count). The highest BCUT2D eigenvalue weighted by molar-refractivity contribution is 5.58. The van der Waals surface area contributed by atoms with E-state index in [1.54, 1.807) is 0 Å². The molecule has 0 atom stereocenters. The van der Waals surface area contributed by atoms with Crippen molar-refractivity contribution in [3.05, 3.63) is 28.8 Å². The molecule has 0 fully saturated rings. The molecule has 2 N–H and O–H groups in total. The number of oxime groups is 1. The predicted octanol–water partition coefficient (Wildman–Crippen LogP) is 1.68. The van der Waals surface area contributed by atoms with Crippen molar-refractivity contribution < 1.29 is 15.1 Å². The maximum absolute atomic E-state index is 8.90. The van der Waals surface area contributed by atoms with Gasteiger partial charge in [-0.25, -0.2) is 0 Å². The van der Waals surface area contributed by atoms with Crippen LogP contribution in [0.25, 0.3) is 0 Å². The minimum atomic E-state index is 0.150. The minimum Gasteiger partial charge on any atom is -0.488 e. The van der Waals surface area contributed by atoms with Crippen molar-refractivity contribution in [2.75, 3.05) is 13.2 Å². The highest BCUT2D eigenvalue weighted by Gasteiger charge is 2.06. The van der Waals surface area contributed by atoms with Gasteiger partial charge in [0.05, 0.1) is 6.21 Å². The summed E-state index contributed by atoms with van der Waals surface area (Å²) < 4.78 is 5.42. The van der Waals surface area contributed by atoms with E-state index in [4.69, 9.17) is 15.1 Å². The molecule has 0 aliphatic heterocycles. The number of aliphatic hydroxyl groups is 1. The molecule has 0 radical (unpaired) electrons. The molecule has 0 unspecified atom stereocenters. The van der Waals surface area contributed by atoms with Crippen molar-refractivity contribution >= 4 is 6.21 Å². The number of ether oxygens (including phenoxy) is 1. The maximum Gasteiger partial charge on any atom is 0.127 e. The van der Waals surface area contributed by atoms with Gasteiger partial charge in [-0.2, -0.15) is 0 Å². The van der Waals surface area contributed by atoms with E-state index in [1.807, 2.05) is 26.0 Å². The monoisotopic (exact) mass is 223 g/mol. The second kappa shape index (κ2) is 6.12. The molecule has 88 valence electrons. The Kier molecular flexibility index (Phi) is 4.79. The van der Waals surface area contributed by atoms with E-state index in [-0.39, 0.29) is 13.2 Å². The summed E-state index contributed by atoms with van der Waals surface area (Å²) in [6.07, 6.45) is 1.95. The zero-order valence-electron chi connectivity index (χ0n) is 9.60. The lowest BCUT2D eigenvalue weighted by molar-refractivity contribution is 0.299. The Morgan fingerprint density at radius 3 is 2.69 bits per heavy atom. The number of hydrogen-bond donors (Lipinski definition) is 2. The van der Waals surface area contributed by atoms with Crippen LogP contribution in [0.4, 0.5) is 0 Å². The Balaban J connectivity index is 2.84. The molecule has 16 heavy (non-hydrogen) atoms. The molecule has 0 aromatic heterocycles. The molecule has 0 amide bonds. The van der Waals surface area contributed by atoms with Gasteiger partial charge < -0.3 is 15.1 Å². The van der Waals surface area contributed by atoms with Crippen LogP contribution in [-0.2, 0) is 6.42 Å². The van der Waals surface area contributed by atoms with Gasteiger partial charge in [-0.1, -0.05) is 11.2 Å². The summed E-state index contributed by atoms with van der Waals surface area (Å²) in [6, 6.07) is 3.82. The van der Waals surface area contributed by atoms with E-state index in [1.165, 1.54) is 6.21 Å². The lowest BCUT2D eigenvalue weighted by Crippen LogP contribution is -2.03. The molecule has 4 nitrogen and oxygen atoms in total. The SMILES string of the molecule is Cc1c(CCO)ccc(OCC=NO)c1C. The zero-order valence-corrected chi connectivity index (χ0v) is 9.60. The van der Waals surface area contributed by atoms with Crippen LogP contribution in [-0.4, -0.2) is 29.7 Å². The number of rotatable bonds is 5. The van der Waals surface area contributed by atoms with Crippen LogP contribution >= 0.6 is 0 Å². The van der Waals surface area contributed by atoms with Crippen LogP contribution in [0.1, 0.15) is 16.7 Å². The van der Waals surface area contributed by atoms with Crippen molar-refractivity contribution in [3.8, 4) is 5.75 Å². The van der Waals surface area contributed by atoms with Crippen LogP contribution in [0.2, 0.25) is 0 Å². The van der Waals surface area contributed by atoms with E-state index in [9.17, 15) is 0 Å². The topological polar surface area (TPSA) is 62.0 Å². The summed E-state index contributed by atoms with van der Waals surface area (Å²) in [7, 11) is 0. The number of hydrogen-bond acceptors (Lipinski definition) is 4. The Morgan fingerprint density at radius 1 is 1.31 bits per heavy atom. The molecule has 0 bridgehead atoms. The highest BCUT2D eigenvalue weighted by atomic mass is 16.5. The largest absolute Gasteiger partial charge is 0.488 e. The van der Waals surface area contributed by atoms with Crippen LogP contribution in [0.3, 0.4) is 0 Å². The molecule has 0 heterocycles. The van der Waals surface area contributed by atoms with E-state index >= 15 is 0 Å². The van der Waals surface area contributed by atoms with Gasteiger partial charge in [0, 0.05) is 6.61 Å². The lowest BCUT2D eigenvalue weighted by Gasteiger charge is -2.12. The smallest absolute Gasteiger partial charge is 0.127 e. The molecule has 0 saturated carbocycles. The normalized spacial score (nSPS) is 10.9. The minimum absolute atomic E-state index is 0.150. The molecule has 1 aromatic carbocycles. The van der Waals surface area contributed by atoms with Crippen molar-refractivity contribution in [2.45, 2.75) is 20.3 Å². The summed E-state index contributed by atoms with van der Waals surface area (Å²) in [6.45, 7) is 4.38. The average molecular weight is 223 g/mol.